The van der Waals surface area contributed by atoms with Crippen LogP contribution in [0.3, 0.4) is 0 Å². The molecule has 0 unspecified atom stereocenters. The van der Waals surface area contributed by atoms with E-state index in [1.807, 2.05) is 32.9 Å². The van der Waals surface area contributed by atoms with Crippen LogP contribution in [-0.2, 0) is 6.42 Å². The van der Waals surface area contributed by atoms with Crippen molar-refractivity contribution in [2.45, 2.75) is 34.1 Å². The molecule has 19 heavy (non-hydrogen) atoms. The molecule has 0 aliphatic carbocycles. The zero-order valence-corrected chi connectivity index (χ0v) is 11.9. The summed E-state index contributed by atoms with van der Waals surface area (Å²) in [7, 11) is 0. The molecular weight excluding hydrogens is 234 g/mol. The summed E-state index contributed by atoms with van der Waals surface area (Å²) in [6, 6.07) is 8.01. The van der Waals surface area contributed by atoms with Gasteiger partial charge in [-0.1, -0.05) is 23.8 Å². The Kier molecular flexibility index (Phi) is 3.79. The standard InChI is InChI=1S/C17H19NO/c1-11-8-13(3)17(14(4)9-11)16(19)10-15-12(2)6-5-7-18-15/h5-9H,10H2,1-4H3. The van der Waals surface area contributed by atoms with Gasteiger partial charge in [0.25, 0.3) is 0 Å². The lowest BCUT2D eigenvalue weighted by Gasteiger charge is -2.11. The van der Waals surface area contributed by atoms with Crippen LogP contribution in [0.2, 0.25) is 0 Å². The number of hydrogen-bond donors (Lipinski definition) is 0. The Morgan fingerprint density at radius 2 is 1.68 bits per heavy atom. The second-order valence-corrected chi connectivity index (χ2v) is 5.14. The number of hydrogen-bond acceptors (Lipinski definition) is 2. The minimum absolute atomic E-state index is 0.150. The van der Waals surface area contributed by atoms with Gasteiger partial charge in [-0.3, -0.25) is 9.78 Å². The van der Waals surface area contributed by atoms with Gasteiger partial charge in [-0.05, 0) is 50.5 Å². The molecule has 0 saturated carbocycles. The molecule has 0 amide bonds. The number of benzene rings is 1. The van der Waals surface area contributed by atoms with E-state index < -0.39 is 0 Å². The van der Waals surface area contributed by atoms with E-state index in [1.54, 1.807) is 6.20 Å². The number of carbonyl (C=O) groups is 1. The fourth-order valence-corrected chi connectivity index (χ4v) is 2.56. The number of rotatable bonds is 3. The number of aromatic nitrogens is 1. The normalized spacial score (nSPS) is 10.5. The lowest BCUT2D eigenvalue weighted by molar-refractivity contribution is 0.0990. The molecule has 1 aromatic carbocycles. The minimum atomic E-state index is 0.150. The highest BCUT2D eigenvalue weighted by Gasteiger charge is 2.14. The average Bonchev–Trinajstić information content (AvgIpc) is 2.30. The predicted molar refractivity (Wildman–Crippen MR) is 77.7 cm³/mol. The summed E-state index contributed by atoms with van der Waals surface area (Å²) >= 11 is 0. The van der Waals surface area contributed by atoms with Gasteiger partial charge in [0.1, 0.15) is 0 Å². The first kappa shape index (κ1) is 13.5. The van der Waals surface area contributed by atoms with Crippen molar-refractivity contribution in [3.8, 4) is 0 Å². The maximum Gasteiger partial charge on any atom is 0.169 e. The van der Waals surface area contributed by atoms with Gasteiger partial charge >= 0.3 is 0 Å². The van der Waals surface area contributed by atoms with Crippen molar-refractivity contribution < 1.29 is 4.79 Å². The van der Waals surface area contributed by atoms with E-state index >= 15 is 0 Å². The third kappa shape index (κ3) is 2.90. The monoisotopic (exact) mass is 253 g/mol. The molecule has 0 radical (unpaired) electrons. The molecule has 0 atom stereocenters. The lowest BCUT2D eigenvalue weighted by atomic mass is 9.94. The quantitative estimate of drug-likeness (QED) is 0.780. The Morgan fingerprint density at radius 1 is 1.05 bits per heavy atom. The summed E-state index contributed by atoms with van der Waals surface area (Å²) in [5.41, 5.74) is 6.08. The fraction of sp³-hybridized carbons (Fsp3) is 0.294. The molecule has 1 aromatic heterocycles. The van der Waals surface area contributed by atoms with E-state index in [0.717, 1.165) is 27.9 Å². The number of nitrogens with zero attached hydrogens (tertiary/aromatic N) is 1. The Morgan fingerprint density at radius 3 is 2.26 bits per heavy atom. The van der Waals surface area contributed by atoms with Crippen molar-refractivity contribution in [1.29, 1.82) is 0 Å². The van der Waals surface area contributed by atoms with Crippen LogP contribution in [0.4, 0.5) is 0 Å². The third-order valence-corrected chi connectivity index (χ3v) is 3.40. The molecule has 0 aliphatic rings. The molecule has 0 spiro atoms. The van der Waals surface area contributed by atoms with Crippen molar-refractivity contribution in [2.75, 3.05) is 0 Å². The van der Waals surface area contributed by atoms with Crippen LogP contribution in [0.5, 0.6) is 0 Å². The second-order valence-electron chi connectivity index (χ2n) is 5.14. The summed E-state index contributed by atoms with van der Waals surface area (Å²) in [6.07, 6.45) is 2.11. The molecule has 2 heteroatoms. The van der Waals surface area contributed by atoms with Crippen LogP contribution < -0.4 is 0 Å². The number of ketones is 1. The Balaban J connectivity index is 2.34. The zero-order valence-electron chi connectivity index (χ0n) is 11.9. The maximum absolute atomic E-state index is 12.5. The van der Waals surface area contributed by atoms with Crippen LogP contribution in [0.25, 0.3) is 0 Å². The third-order valence-electron chi connectivity index (χ3n) is 3.40. The van der Waals surface area contributed by atoms with Crippen molar-refractivity contribution in [1.82, 2.24) is 4.98 Å². The van der Waals surface area contributed by atoms with Gasteiger partial charge in [-0.2, -0.15) is 0 Å². The first-order valence-corrected chi connectivity index (χ1v) is 6.50. The molecule has 2 nitrogen and oxygen atoms in total. The molecule has 2 rings (SSSR count). The molecule has 98 valence electrons. The van der Waals surface area contributed by atoms with E-state index in [9.17, 15) is 4.79 Å². The van der Waals surface area contributed by atoms with Crippen molar-refractivity contribution in [3.63, 3.8) is 0 Å². The summed E-state index contributed by atoms with van der Waals surface area (Å²) in [5.74, 6) is 0.150. The van der Waals surface area contributed by atoms with Crippen LogP contribution in [0.15, 0.2) is 30.5 Å². The van der Waals surface area contributed by atoms with Gasteiger partial charge in [0, 0.05) is 11.8 Å². The molecule has 0 fully saturated rings. The molecular formula is C17H19NO. The summed E-state index contributed by atoms with van der Waals surface area (Å²) in [4.78, 5) is 16.8. The van der Waals surface area contributed by atoms with Gasteiger partial charge < -0.3 is 0 Å². The summed E-state index contributed by atoms with van der Waals surface area (Å²) in [6.45, 7) is 8.04. The first-order chi connectivity index (χ1) is 8.99. The van der Waals surface area contributed by atoms with Gasteiger partial charge in [0.15, 0.2) is 5.78 Å². The number of carbonyl (C=O) groups excluding carboxylic acids is 1. The number of aryl methyl sites for hydroxylation is 4. The molecule has 0 N–H and O–H groups in total. The largest absolute Gasteiger partial charge is 0.294 e. The van der Waals surface area contributed by atoms with Crippen molar-refractivity contribution in [3.05, 3.63) is 64.0 Å². The average molecular weight is 253 g/mol. The molecule has 0 aliphatic heterocycles. The summed E-state index contributed by atoms with van der Waals surface area (Å²) in [5, 5.41) is 0. The number of pyridine rings is 1. The first-order valence-electron chi connectivity index (χ1n) is 6.50. The van der Waals surface area contributed by atoms with Crippen molar-refractivity contribution in [2.24, 2.45) is 0 Å². The highest BCUT2D eigenvalue weighted by Crippen LogP contribution is 2.19. The van der Waals surface area contributed by atoms with E-state index in [1.165, 1.54) is 5.56 Å². The van der Waals surface area contributed by atoms with E-state index in [2.05, 4.69) is 24.0 Å². The van der Waals surface area contributed by atoms with Crippen LogP contribution in [-0.4, -0.2) is 10.8 Å². The highest BCUT2D eigenvalue weighted by atomic mass is 16.1. The van der Waals surface area contributed by atoms with Crippen LogP contribution >= 0.6 is 0 Å². The number of Topliss-reactive ketones (excluding diaryl/α,β-unsaturated/α-hetero) is 1. The van der Waals surface area contributed by atoms with Gasteiger partial charge in [0.2, 0.25) is 0 Å². The minimum Gasteiger partial charge on any atom is -0.294 e. The second kappa shape index (κ2) is 5.35. The fourth-order valence-electron chi connectivity index (χ4n) is 2.56. The Bertz CT molecular complexity index is 606. The van der Waals surface area contributed by atoms with Crippen molar-refractivity contribution >= 4 is 5.78 Å². The van der Waals surface area contributed by atoms with E-state index in [4.69, 9.17) is 0 Å². The summed E-state index contributed by atoms with van der Waals surface area (Å²) < 4.78 is 0. The van der Waals surface area contributed by atoms with Gasteiger partial charge in [-0.15, -0.1) is 0 Å². The van der Waals surface area contributed by atoms with E-state index in [-0.39, 0.29) is 5.78 Å². The zero-order chi connectivity index (χ0) is 14.0. The highest BCUT2D eigenvalue weighted by molar-refractivity contribution is 6.00. The van der Waals surface area contributed by atoms with Gasteiger partial charge in [-0.25, -0.2) is 0 Å². The predicted octanol–water partition coefficient (Wildman–Crippen LogP) is 3.74. The Labute approximate surface area is 114 Å². The molecule has 0 saturated heterocycles. The maximum atomic E-state index is 12.5. The van der Waals surface area contributed by atoms with Crippen LogP contribution in [0, 0.1) is 27.7 Å². The molecule has 1 heterocycles. The Hall–Kier alpha value is -1.96. The molecule has 0 bridgehead atoms. The smallest absolute Gasteiger partial charge is 0.169 e. The molecule has 2 aromatic rings. The SMILES string of the molecule is Cc1cc(C)c(C(=O)Cc2ncccc2C)c(C)c1. The topological polar surface area (TPSA) is 30.0 Å². The van der Waals surface area contributed by atoms with Gasteiger partial charge in [0.05, 0.1) is 12.1 Å². The van der Waals surface area contributed by atoms with Crippen LogP contribution in [0.1, 0.15) is 38.3 Å². The lowest BCUT2D eigenvalue weighted by Crippen LogP contribution is -2.10. The van der Waals surface area contributed by atoms with E-state index in [0.29, 0.717) is 6.42 Å².